The van der Waals surface area contributed by atoms with Gasteiger partial charge >= 0.3 is 0 Å². The fraction of sp³-hybridized carbons (Fsp3) is 0.250. The van der Waals surface area contributed by atoms with Crippen molar-refractivity contribution >= 4 is 23.2 Å². The average Bonchev–Trinajstić information content (AvgIpc) is 2.39. The maximum absolute atomic E-state index is 10.3. The zero-order chi connectivity index (χ0) is 13.4. The fourth-order valence-electron chi connectivity index (χ4n) is 2.75. The van der Waals surface area contributed by atoms with Crippen molar-refractivity contribution in [1.29, 1.82) is 0 Å². The minimum atomic E-state index is -0.565. The Morgan fingerprint density at radius 3 is 2.68 bits per heavy atom. The molecule has 0 aliphatic heterocycles. The lowest BCUT2D eigenvalue weighted by Gasteiger charge is -2.32. The number of benzene rings is 2. The van der Waals surface area contributed by atoms with Crippen LogP contribution < -0.4 is 0 Å². The van der Waals surface area contributed by atoms with Crippen molar-refractivity contribution < 1.29 is 5.11 Å². The topological polar surface area (TPSA) is 20.2 Å². The van der Waals surface area contributed by atoms with Crippen LogP contribution in [-0.2, 0) is 6.42 Å². The molecule has 2 atom stereocenters. The second-order valence-corrected chi connectivity index (χ2v) is 5.78. The maximum Gasteiger partial charge on any atom is 0.0810 e. The SMILES string of the molecule is OC(CC1Cc2ccccc21)c1cccc(Cl)c1Cl. The molecule has 0 heterocycles. The molecule has 19 heavy (non-hydrogen) atoms. The van der Waals surface area contributed by atoms with Gasteiger partial charge in [-0.15, -0.1) is 0 Å². The summed E-state index contributed by atoms with van der Waals surface area (Å²) in [5.74, 6) is 0.418. The van der Waals surface area contributed by atoms with E-state index in [1.54, 1.807) is 6.07 Å². The van der Waals surface area contributed by atoms with E-state index in [-0.39, 0.29) is 0 Å². The molecule has 0 amide bonds. The van der Waals surface area contributed by atoms with Crippen LogP contribution in [0.4, 0.5) is 0 Å². The Kier molecular flexibility index (Phi) is 3.53. The predicted molar refractivity (Wildman–Crippen MR) is 78.9 cm³/mol. The number of halogens is 2. The molecule has 3 heteroatoms. The van der Waals surface area contributed by atoms with E-state index in [9.17, 15) is 5.11 Å². The Labute approximate surface area is 122 Å². The van der Waals surface area contributed by atoms with E-state index >= 15 is 0 Å². The summed E-state index contributed by atoms with van der Waals surface area (Å²) in [6, 6.07) is 13.8. The Morgan fingerprint density at radius 2 is 1.89 bits per heavy atom. The van der Waals surface area contributed by atoms with E-state index in [0.717, 1.165) is 12.0 Å². The number of hydrogen-bond donors (Lipinski definition) is 1. The smallest absolute Gasteiger partial charge is 0.0810 e. The third-order valence-electron chi connectivity index (χ3n) is 3.81. The molecule has 0 bridgehead atoms. The van der Waals surface area contributed by atoms with Gasteiger partial charge in [0.1, 0.15) is 0 Å². The molecule has 1 aliphatic rings. The molecule has 2 aromatic rings. The summed E-state index contributed by atoms with van der Waals surface area (Å²) in [6.45, 7) is 0. The summed E-state index contributed by atoms with van der Waals surface area (Å²) >= 11 is 12.1. The van der Waals surface area contributed by atoms with Gasteiger partial charge in [-0.1, -0.05) is 59.6 Å². The van der Waals surface area contributed by atoms with Gasteiger partial charge in [0, 0.05) is 5.56 Å². The summed E-state index contributed by atoms with van der Waals surface area (Å²) in [5.41, 5.74) is 3.45. The van der Waals surface area contributed by atoms with Crippen LogP contribution in [0.2, 0.25) is 10.0 Å². The highest BCUT2D eigenvalue weighted by Crippen LogP contribution is 2.42. The van der Waals surface area contributed by atoms with Gasteiger partial charge < -0.3 is 5.11 Å². The third-order valence-corrected chi connectivity index (χ3v) is 4.64. The van der Waals surface area contributed by atoms with E-state index in [4.69, 9.17) is 23.2 Å². The lowest BCUT2D eigenvalue weighted by Crippen LogP contribution is -2.19. The van der Waals surface area contributed by atoms with Crippen LogP contribution in [0.25, 0.3) is 0 Å². The summed E-state index contributed by atoms with van der Waals surface area (Å²) in [6.07, 6.45) is 1.16. The minimum Gasteiger partial charge on any atom is -0.388 e. The zero-order valence-corrected chi connectivity index (χ0v) is 11.8. The molecule has 0 saturated heterocycles. The van der Waals surface area contributed by atoms with Crippen LogP contribution in [-0.4, -0.2) is 5.11 Å². The number of aliphatic hydroxyl groups is 1. The average molecular weight is 293 g/mol. The van der Waals surface area contributed by atoms with Gasteiger partial charge in [0.15, 0.2) is 0 Å². The first-order chi connectivity index (χ1) is 9.16. The molecule has 1 aliphatic carbocycles. The molecule has 1 N–H and O–H groups in total. The molecule has 0 saturated carbocycles. The van der Waals surface area contributed by atoms with Crippen LogP contribution in [0.15, 0.2) is 42.5 Å². The molecule has 0 radical (unpaired) electrons. The molecule has 1 nitrogen and oxygen atoms in total. The summed E-state index contributed by atoms with van der Waals surface area (Å²) in [5, 5.41) is 11.3. The Morgan fingerprint density at radius 1 is 1.11 bits per heavy atom. The van der Waals surface area contributed by atoms with E-state index in [2.05, 4.69) is 18.2 Å². The molecular weight excluding hydrogens is 279 g/mol. The van der Waals surface area contributed by atoms with Crippen molar-refractivity contribution in [2.75, 3.05) is 0 Å². The number of fused-ring (bicyclic) bond motifs is 1. The van der Waals surface area contributed by atoms with E-state index in [1.807, 2.05) is 18.2 Å². The van der Waals surface area contributed by atoms with Gasteiger partial charge in [-0.25, -0.2) is 0 Å². The van der Waals surface area contributed by atoms with Crippen molar-refractivity contribution in [3.05, 3.63) is 69.2 Å². The van der Waals surface area contributed by atoms with E-state index < -0.39 is 6.10 Å². The zero-order valence-electron chi connectivity index (χ0n) is 10.3. The molecule has 0 spiro atoms. The van der Waals surface area contributed by atoms with Crippen molar-refractivity contribution in [2.24, 2.45) is 0 Å². The highest BCUT2D eigenvalue weighted by Gasteiger charge is 2.28. The van der Waals surface area contributed by atoms with Crippen molar-refractivity contribution in [2.45, 2.75) is 24.9 Å². The first-order valence-electron chi connectivity index (χ1n) is 6.36. The summed E-state index contributed by atoms with van der Waals surface area (Å²) < 4.78 is 0. The number of hydrogen-bond acceptors (Lipinski definition) is 1. The highest BCUT2D eigenvalue weighted by atomic mass is 35.5. The van der Waals surface area contributed by atoms with Crippen molar-refractivity contribution in [1.82, 2.24) is 0 Å². The monoisotopic (exact) mass is 292 g/mol. The quantitative estimate of drug-likeness (QED) is 0.865. The first kappa shape index (κ1) is 13.0. The highest BCUT2D eigenvalue weighted by molar-refractivity contribution is 6.42. The van der Waals surface area contributed by atoms with Gasteiger partial charge in [0.25, 0.3) is 0 Å². The Hall–Kier alpha value is -1.02. The predicted octanol–water partition coefficient (Wildman–Crippen LogP) is 4.76. The van der Waals surface area contributed by atoms with Crippen LogP contribution in [0.5, 0.6) is 0 Å². The van der Waals surface area contributed by atoms with Gasteiger partial charge in [-0.3, -0.25) is 0 Å². The number of rotatable bonds is 3. The second kappa shape index (κ2) is 5.16. The molecule has 0 fully saturated rings. The van der Waals surface area contributed by atoms with Crippen LogP contribution in [0, 0.1) is 0 Å². The van der Waals surface area contributed by atoms with Crippen LogP contribution in [0.1, 0.15) is 35.1 Å². The minimum absolute atomic E-state index is 0.418. The van der Waals surface area contributed by atoms with Gasteiger partial charge in [-0.2, -0.15) is 0 Å². The van der Waals surface area contributed by atoms with E-state index in [1.165, 1.54) is 11.1 Å². The Bertz CT molecular complexity index is 609. The molecule has 3 rings (SSSR count). The maximum atomic E-state index is 10.3. The van der Waals surface area contributed by atoms with Crippen LogP contribution >= 0.6 is 23.2 Å². The Balaban J connectivity index is 1.77. The molecule has 98 valence electrons. The third kappa shape index (κ3) is 2.38. The molecule has 0 aromatic heterocycles. The number of aliphatic hydroxyl groups excluding tert-OH is 1. The standard InChI is InChI=1S/C16H14Cl2O/c17-14-7-3-6-13(16(14)18)15(19)9-11-8-10-4-1-2-5-12(10)11/h1-7,11,15,19H,8-9H2. The second-order valence-electron chi connectivity index (χ2n) is 4.99. The summed E-state index contributed by atoms with van der Waals surface area (Å²) in [7, 11) is 0. The van der Waals surface area contributed by atoms with Gasteiger partial charge in [0.05, 0.1) is 16.1 Å². The molecular formula is C16H14Cl2O. The van der Waals surface area contributed by atoms with Crippen molar-refractivity contribution in [3.63, 3.8) is 0 Å². The fourth-order valence-corrected chi connectivity index (χ4v) is 3.18. The normalized spacial score (nSPS) is 18.6. The lowest BCUT2D eigenvalue weighted by atomic mass is 9.74. The summed E-state index contributed by atoms with van der Waals surface area (Å²) in [4.78, 5) is 0. The van der Waals surface area contributed by atoms with Gasteiger partial charge in [0.2, 0.25) is 0 Å². The van der Waals surface area contributed by atoms with Gasteiger partial charge in [-0.05, 0) is 36.0 Å². The van der Waals surface area contributed by atoms with E-state index in [0.29, 0.717) is 22.4 Å². The lowest BCUT2D eigenvalue weighted by molar-refractivity contribution is 0.153. The molecule has 2 unspecified atom stereocenters. The van der Waals surface area contributed by atoms with Crippen LogP contribution in [0.3, 0.4) is 0 Å². The van der Waals surface area contributed by atoms with Crippen molar-refractivity contribution in [3.8, 4) is 0 Å². The largest absolute Gasteiger partial charge is 0.388 e. The first-order valence-corrected chi connectivity index (χ1v) is 7.12. The molecule has 2 aromatic carbocycles.